The summed E-state index contributed by atoms with van der Waals surface area (Å²) >= 11 is 0. The van der Waals surface area contributed by atoms with E-state index >= 15 is 0 Å². The van der Waals surface area contributed by atoms with Gasteiger partial charge < -0.3 is 4.90 Å². The van der Waals surface area contributed by atoms with Gasteiger partial charge in [-0.1, -0.05) is 6.07 Å². The van der Waals surface area contributed by atoms with Crippen molar-refractivity contribution in [1.82, 2.24) is 13.9 Å². The lowest BCUT2D eigenvalue weighted by Crippen LogP contribution is -2.50. The molecule has 146 valence electrons. The Morgan fingerprint density at radius 1 is 1.11 bits per heavy atom. The number of halogens is 1. The van der Waals surface area contributed by atoms with Gasteiger partial charge in [-0.3, -0.25) is 9.88 Å². The van der Waals surface area contributed by atoms with Gasteiger partial charge in [0.2, 0.25) is 0 Å². The Kier molecular flexibility index (Phi) is 4.13. The molecule has 0 aliphatic carbocycles. The van der Waals surface area contributed by atoms with Crippen molar-refractivity contribution in [2.75, 3.05) is 31.1 Å². The highest BCUT2D eigenvalue weighted by Crippen LogP contribution is 2.33. The van der Waals surface area contributed by atoms with Crippen molar-refractivity contribution in [3.8, 4) is 0 Å². The number of piperazine rings is 1. The number of benzene rings is 1. The van der Waals surface area contributed by atoms with Crippen LogP contribution in [0.1, 0.15) is 12.8 Å². The Hall–Kier alpha value is -2.45. The SMILES string of the molecule is O=S(=O)(c1cccc(F)c1)n1cc(N2CCN3CCCC3C2)c2ncccc21. The summed E-state index contributed by atoms with van der Waals surface area (Å²) in [5.74, 6) is -0.576. The summed E-state index contributed by atoms with van der Waals surface area (Å²) in [7, 11) is -3.92. The van der Waals surface area contributed by atoms with Crippen LogP contribution in [0.4, 0.5) is 10.1 Å². The fourth-order valence-electron chi connectivity index (χ4n) is 4.39. The van der Waals surface area contributed by atoms with Gasteiger partial charge in [0.1, 0.15) is 11.3 Å². The molecule has 3 aromatic rings. The molecule has 0 bridgehead atoms. The van der Waals surface area contributed by atoms with Crippen LogP contribution in [0.2, 0.25) is 0 Å². The van der Waals surface area contributed by atoms with Crippen molar-refractivity contribution in [3.05, 3.63) is 54.6 Å². The predicted octanol–water partition coefficient (Wildman–Crippen LogP) is 2.70. The number of hydrogen-bond donors (Lipinski definition) is 0. The minimum absolute atomic E-state index is 0.0691. The Balaban J connectivity index is 1.61. The molecule has 2 aromatic heterocycles. The van der Waals surface area contributed by atoms with E-state index in [4.69, 9.17) is 0 Å². The van der Waals surface area contributed by atoms with Crippen LogP contribution in [0.15, 0.2) is 53.7 Å². The van der Waals surface area contributed by atoms with Gasteiger partial charge in [0.05, 0.1) is 16.1 Å². The maximum absolute atomic E-state index is 13.6. The van der Waals surface area contributed by atoms with Crippen LogP contribution < -0.4 is 4.90 Å². The van der Waals surface area contributed by atoms with Crippen molar-refractivity contribution in [3.63, 3.8) is 0 Å². The van der Waals surface area contributed by atoms with E-state index in [1.807, 2.05) is 0 Å². The number of aromatic nitrogens is 2. The van der Waals surface area contributed by atoms with Crippen LogP contribution in [0.3, 0.4) is 0 Å². The molecule has 0 spiro atoms. The van der Waals surface area contributed by atoms with E-state index in [1.54, 1.807) is 24.5 Å². The van der Waals surface area contributed by atoms with Gasteiger partial charge in [-0.25, -0.2) is 16.8 Å². The molecule has 1 unspecified atom stereocenters. The zero-order valence-electron chi connectivity index (χ0n) is 15.3. The third-order valence-electron chi connectivity index (χ3n) is 5.79. The average molecular weight is 400 g/mol. The molecule has 6 nitrogen and oxygen atoms in total. The smallest absolute Gasteiger partial charge is 0.268 e. The molecule has 0 radical (unpaired) electrons. The molecule has 28 heavy (non-hydrogen) atoms. The highest BCUT2D eigenvalue weighted by Gasteiger charge is 2.33. The maximum Gasteiger partial charge on any atom is 0.268 e. The van der Waals surface area contributed by atoms with Crippen molar-refractivity contribution >= 4 is 26.7 Å². The van der Waals surface area contributed by atoms with Crippen LogP contribution in [0, 0.1) is 5.82 Å². The molecule has 0 amide bonds. The molecule has 5 rings (SSSR count). The largest absolute Gasteiger partial charge is 0.366 e. The highest BCUT2D eigenvalue weighted by atomic mass is 32.2. The molecule has 8 heteroatoms. The van der Waals surface area contributed by atoms with E-state index in [0.717, 1.165) is 37.9 Å². The number of fused-ring (bicyclic) bond motifs is 2. The normalized spacial score (nSPS) is 20.6. The first-order chi connectivity index (χ1) is 13.5. The monoisotopic (exact) mass is 400 g/mol. The molecule has 0 N–H and O–H groups in total. The van der Waals surface area contributed by atoms with Gasteiger partial charge >= 0.3 is 0 Å². The number of pyridine rings is 1. The van der Waals surface area contributed by atoms with Gasteiger partial charge in [-0.15, -0.1) is 0 Å². The van der Waals surface area contributed by atoms with Crippen molar-refractivity contribution in [1.29, 1.82) is 0 Å². The minimum Gasteiger partial charge on any atom is -0.366 e. The first-order valence-corrected chi connectivity index (χ1v) is 10.9. The van der Waals surface area contributed by atoms with E-state index in [0.29, 0.717) is 17.1 Å². The molecule has 4 heterocycles. The molecule has 2 aliphatic rings. The summed E-state index contributed by atoms with van der Waals surface area (Å²) in [5, 5.41) is 0. The topological polar surface area (TPSA) is 58.4 Å². The Morgan fingerprint density at radius 2 is 2.00 bits per heavy atom. The quantitative estimate of drug-likeness (QED) is 0.677. The molecule has 2 saturated heterocycles. The van der Waals surface area contributed by atoms with Gasteiger partial charge in [-0.05, 0) is 49.7 Å². The lowest BCUT2D eigenvalue weighted by Gasteiger charge is -2.38. The highest BCUT2D eigenvalue weighted by molar-refractivity contribution is 7.90. The first kappa shape index (κ1) is 17.6. The summed E-state index contributed by atoms with van der Waals surface area (Å²) in [6.45, 7) is 3.83. The van der Waals surface area contributed by atoms with Crippen molar-refractivity contribution in [2.24, 2.45) is 0 Å². The third kappa shape index (κ3) is 2.79. The standard InChI is InChI=1S/C20H21FN4O2S/c21-15-4-1-6-17(12-15)28(26,27)25-14-19(20-18(25)7-2-8-22-20)24-11-10-23-9-3-5-16(23)13-24/h1-2,4,6-8,12,14,16H,3,5,9-11,13H2. The number of rotatable bonds is 3. The molecule has 1 aromatic carbocycles. The molecule has 2 fully saturated rings. The Morgan fingerprint density at radius 3 is 2.86 bits per heavy atom. The molecule has 2 aliphatic heterocycles. The maximum atomic E-state index is 13.6. The second-order valence-corrected chi connectivity index (χ2v) is 9.24. The van der Waals surface area contributed by atoms with E-state index in [1.165, 1.54) is 35.0 Å². The van der Waals surface area contributed by atoms with Crippen LogP contribution in [-0.2, 0) is 10.0 Å². The Labute approximate surface area is 163 Å². The summed E-state index contributed by atoms with van der Waals surface area (Å²) < 4.78 is 41.3. The predicted molar refractivity (Wildman–Crippen MR) is 106 cm³/mol. The molecule has 0 saturated carbocycles. The van der Waals surface area contributed by atoms with Crippen LogP contribution in [0.25, 0.3) is 11.0 Å². The minimum atomic E-state index is -3.92. The van der Waals surface area contributed by atoms with Crippen molar-refractivity contribution < 1.29 is 12.8 Å². The fraction of sp³-hybridized carbons (Fsp3) is 0.350. The van der Waals surface area contributed by atoms with E-state index < -0.39 is 15.8 Å². The zero-order valence-corrected chi connectivity index (χ0v) is 16.1. The average Bonchev–Trinajstić information content (AvgIpc) is 3.32. The van der Waals surface area contributed by atoms with Crippen LogP contribution >= 0.6 is 0 Å². The van der Waals surface area contributed by atoms with Gasteiger partial charge in [0.25, 0.3) is 10.0 Å². The zero-order chi connectivity index (χ0) is 19.3. The van der Waals surface area contributed by atoms with Crippen LogP contribution in [-0.4, -0.2) is 54.5 Å². The molecular weight excluding hydrogens is 379 g/mol. The summed E-state index contributed by atoms with van der Waals surface area (Å²) in [6.07, 6.45) is 5.70. The van der Waals surface area contributed by atoms with E-state index in [9.17, 15) is 12.8 Å². The summed E-state index contributed by atoms with van der Waals surface area (Å²) in [5.41, 5.74) is 1.99. The molecule has 1 atom stereocenters. The first-order valence-electron chi connectivity index (χ1n) is 9.50. The van der Waals surface area contributed by atoms with Crippen LogP contribution in [0.5, 0.6) is 0 Å². The lowest BCUT2D eigenvalue weighted by atomic mass is 10.1. The molecular formula is C20H21FN4O2S. The van der Waals surface area contributed by atoms with E-state index in [-0.39, 0.29) is 4.90 Å². The second kappa shape index (κ2) is 6.56. The van der Waals surface area contributed by atoms with Gasteiger partial charge in [-0.2, -0.15) is 0 Å². The third-order valence-corrected chi connectivity index (χ3v) is 7.46. The van der Waals surface area contributed by atoms with Crippen molar-refractivity contribution in [2.45, 2.75) is 23.8 Å². The summed E-state index contributed by atoms with van der Waals surface area (Å²) in [4.78, 5) is 9.15. The lowest BCUT2D eigenvalue weighted by molar-refractivity contribution is 0.231. The summed E-state index contributed by atoms with van der Waals surface area (Å²) in [6, 6.07) is 9.09. The number of nitrogens with zero attached hydrogens (tertiary/aromatic N) is 4. The van der Waals surface area contributed by atoms with Gasteiger partial charge in [0.15, 0.2) is 0 Å². The Bertz CT molecular complexity index is 1140. The number of hydrogen-bond acceptors (Lipinski definition) is 5. The fourth-order valence-corrected chi connectivity index (χ4v) is 5.78. The van der Waals surface area contributed by atoms with Gasteiger partial charge in [0, 0.05) is 38.1 Å². The van der Waals surface area contributed by atoms with E-state index in [2.05, 4.69) is 14.8 Å². The number of anilines is 1. The second-order valence-electron chi connectivity index (χ2n) is 7.42.